The van der Waals surface area contributed by atoms with Gasteiger partial charge in [-0.2, -0.15) is 15.0 Å². The van der Waals surface area contributed by atoms with Crippen LogP contribution in [0.1, 0.15) is 11.3 Å². The lowest BCUT2D eigenvalue weighted by Gasteiger charge is -2.14. The summed E-state index contributed by atoms with van der Waals surface area (Å²) in [6.45, 7) is 6.13. The van der Waals surface area contributed by atoms with Crippen molar-refractivity contribution in [3.05, 3.63) is 176 Å². The van der Waals surface area contributed by atoms with Gasteiger partial charge in [0.05, 0.1) is 27.6 Å². The van der Waals surface area contributed by atoms with Crippen LogP contribution >= 0.6 is 0 Å². The fourth-order valence-electron chi connectivity index (χ4n) is 7.85. The van der Waals surface area contributed by atoms with E-state index in [1.165, 1.54) is 5.39 Å². The van der Waals surface area contributed by atoms with E-state index in [1.807, 2.05) is 30.4 Å². The van der Waals surface area contributed by atoms with E-state index >= 15 is 0 Å². The van der Waals surface area contributed by atoms with Crippen LogP contribution in [0.25, 0.3) is 89.6 Å². The summed E-state index contributed by atoms with van der Waals surface area (Å²) >= 11 is 0. The predicted molar refractivity (Wildman–Crippen MR) is 215 cm³/mol. The second-order valence-electron chi connectivity index (χ2n) is 13.0. The van der Waals surface area contributed by atoms with Crippen LogP contribution in [0.4, 0.5) is 0 Å². The molecular weight excluding hydrogens is 637 g/mol. The molecule has 6 nitrogen and oxygen atoms in total. The summed E-state index contributed by atoms with van der Waals surface area (Å²) in [5.74, 6) is 1.70. The maximum Gasteiger partial charge on any atom is 0.240 e. The Balaban J connectivity index is 1.38. The molecule has 0 saturated carbocycles. The molecule has 52 heavy (non-hydrogen) atoms. The van der Waals surface area contributed by atoms with Crippen LogP contribution in [0.15, 0.2) is 164 Å². The first-order valence-electron chi connectivity index (χ1n) is 17.4. The highest BCUT2D eigenvalue weighted by Crippen LogP contribution is 2.41. The molecule has 4 heterocycles. The molecule has 0 fully saturated rings. The van der Waals surface area contributed by atoms with Crippen LogP contribution in [-0.4, -0.2) is 28.7 Å². The molecule has 10 rings (SSSR count). The molecule has 0 amide bonds. The van der Waals surface area contributed by atoms with Gasteiger partial charge in [0.1, 0.15) is 0 Å². The Kier molecular flexibility index (Phi) is 6.76. The number of fused-ring (bicyclic) bond motifs is 8. The molecule has 0 aliphatic rings. The van der Waals surface area contributed by atoms with Crippen molar-refractivity contribution in [2.75, 3.05) is 0 Å². The Morgan fingerprint density at radius 2 is 0.981 bits per heavy atom. The van der Waals surface area contributed by atoms with E-state index in [2.05, 4.69) is 161 Å². The molecule has 246 valence electrons. The van der Waals surface area contributed by atoms with Gasteiger partial charge in [-0.15, -0.1) is 0 Å². The number of benzene rings is 6. The van der Waals surface area contributed by atoms with Gasteiger partial charge in [0, 0.05) is 49.4 Å². The van der Waals surface area contributed by atoms with Crippen LogP contribution in [-0.2, 0) is 0 Å². The lowest BCUT2D eigenvalue weighted by molar-refractivity contribution is 0.865. The third-order valence-electron chi connectivity index (χ3n) is 10.1. The summed E-state index contributed by atoms with van der Waals surface area (Å²) in [7, 11) is 0. The summed E-state index contributed by atoms with van der Waals surface area (Å²) < 4.78 is 6.76. The lowest BCUT2D eigenvalue weighted by Crippen LogP contribution is -2.11. The molecule has 0 radical (unpaired) electrons. The third kappa shape index (κ3) is 4.41. The second kappa shape index (κ2) is 11.8. The molecule has 6 heteroatoms. The van der Waals surface area contributed by atoms with Crippen molar-refractivity contribution in [3.8, 4) is 29.0 Å². The van der Waals surface area contributed by atoms with Crippen LogP contribution < -0.4 is 0 Å². The Bertz CT molecular complexity index is 2980. The van der Waals surface area contributed by atoms with Gasteiger partial charge in [-0.05, 0) is 37.3 Å². The predicted octanol–water partition coefficient (Wildman–Crippen LogP) is 11.2. The topological polar surface area (TPSA) is 53.5 Å². The maximum absolute atomic E-state index is 5.39. The number of hydrogen-bond donors (Lipinski definition) is 0. The maximum atomic E-state index is 5.39. The van der Waals surface area contributed by atoms with E-state index in [-0.39, 0.29) is 0 Å². The standard InChI is InChI=1S/C46H32N6/c1-3-4-21-33-30(2)50(42-37(33)28-29-38-36-24-13-14-25-39(36)51(43(38)42)32-19-9-6-10-20-32)45-47-44(31-17-7-5-8-18-31)48-46(49-45)52-40-26-15-11-22-34(40)35-23-12-16-27-41(35)52/h3-29H,1H2,2H3/b21-4-. The zero-order valence-electron chi connectivity index (χ0n) is 28.5. The molecule has 6 aromatic carbocycles. The van der Waals surface area contributed by atoms with E-state index in [0.717, 1.165) is 71.6 Å². The number of nitrogens with zero attached hydrogens (tertiary/aromatic N) is 6. The Morgan fingerprint density at radius 3 is 1.62 bits per heavy atom. The largest absolute Gasteiger partial charge is 0.307 e. The average molecular weight is 669 g/mol. The van der Waals surface area contributed by atoms with Gasteiger partial charge in [0.25, 0.3) is 0 Å². The molecule has 0 atom stereocenters. The van der Waals surface area contributed by atoms with E-state index in [1.54, 1.807) is 0 Å². The second-order valence-corrected chi connectivity index (χ2v) is 13.0. The van der Waals surface area contributed by atoms with Gasteiger partial charge in [-0.25, -0.2) is 0 Å². The van der Waals surface area contributed by atoms with Crippen molar-refractivity contribution in [3.63, 3.8) is 0 Å². The summed E-state index contributed by atoms with van der Waals surface area (Å²) in [4.78, 5) is 15.9. The minimum atomic E-state index is 0.545. The Hall–Kier alpha value is -7.05. The highest BCUT2D eigenvalue weighted by atomic mass is 15.3. The van der Waals surface area contributed by atoms with Crippen LogP contribution in [0.2, 0.25) is 0 Å². The van der Waals surface area contributed by atoms with Gasteiger partial charge in [-0.1, -0.05) is 140 Å². The normalized spacial score (nSPS) is 11.9. The molecule has 10 aromatic rings. The van der Waals surface area contributed by atoms with Gasteiger partial charge in [-0.3, -0.25) is 9.13 Å². The molecule has 0 saturated heterocycles. The molecule has 0 N–H and O–H groups in total. The fourth-order valence-corrected chi connectivity index (χ4v) is 7.85. The zero-order valence-corrected chi connectivity index (χ0v) is 28.5. The molecular formula is C46H32N6. The van der Waals surface area contributed by atoms with Crippen LogP contribution in [0, 0.1) is 6.92 Å². The van der Waals surface area contributed by atoms with E-state index in [4.69, 9.17) is 15.0 Å². The van der Waals surface area contributed by atoms with Crippen LogP contribution in [0.5, 0.6) is 0 Å². The van der Waals surface area contributed by atoms with E-state index in [9.17, 15) is 0 Å². The van der Waals surface area contributed by atoms with Gasteiger partial charge >= 0.3 is 0 Å². The van der Waals surface area contributed by atoms with Gasteiger partial charge < -0.3 is 4.57 Å². The summed E-state index contributed by atoms with van der Waals surface area (Å²) in [5, 5.41) is 5.74. The summed E-state index contributed by atoms with van der Waals surface area (Å²) in [5.41, 5.74) is 9.43. The lowest BCUT2D eigenvalue weighted by atomic mass is 10.1. The SMILES string of the molecule is C=C/C=C\c1c(C)n(-c2nc(-c3ccccc3)nc(-n3c4ccccc4c4ccccc43)n2)c2c1ccc1c3ccccc3n(-c3ccccc3)c12. The van der Waals surface area contributed by atoms with Crippen molar-refractivity contribution < 1.29 is 0 Å². The molecule has 0 bridgehead atoms. The average Bonchev–Trinajstić information content (AvgIpc) is 3.82. The molecule has 0 aliphatic carbocycles. The fraction of sp³-hybridized carbons (Fsp3) is 0.0217. The van der Waals surface area contributed by atoms with Crippen molar-refractivity contribution >= 4 is 60.6 Å². The Labute approximate surface area is 299 Å². The first-order chi connectivity index (χ1) is 25.7. The number of para-hydroxylation sites is 4. The summed E-state index contributed by atoms with van der Waals surface area (Å²) in [6, 6.07) is 50.8. The monoisotopic (exact) mass is 668 g/mol. The van der Waals surface area contributed by atoms with Gasteiger partial charge in [0.2, 0.25) is 11.9 Å². The quantitative estimate of drug-likeness (QED) is 0.166. The molecule has 0 spiro atoms. The number of rotatable bonds is 6. The molecule has 4 aromatic heterocycles. The van der Waals surface area contributed by atoms with Gasteiger partial charge in [0.15, 0.2) is 5.82 Å². The number of allylic oxidation sites excluding steroid dienone is 2. The smallest absolute Gasteiger partial charge is 0.240 e. The molecule has 0 unspecified atom stereocenters. The highest BCUT2D eigenvalue weighted by molar-refractivity contribution is 6.19. The minimum Gasteiger partial charge on any atom is -0.307 e. The number of hydrogen-bond acceptors (Lipinski definition) is 3. The van der Waals surface area contributed by atoms with E-state index in [0.29, 0.717) is 17.7 Å². The van der Waals surface area contributed by atoms with Crippen molar-refractivity contribution in [1.29, 1.82) is 0 Å². The number of aromatic nitrogens is 6. The van der Waals surface area contributed by atoms with Crippen molar-refractivity contribution in [1.82, 2.24) is 28.7 Å². The summed E-state index contributed by atoms with van der Waals surface area (Å²) in [6.07, 6.45) is 5.95. The Morgan fingerprint density at radius 1 is 0.481 bits per heavy atom. The van der Waals surface area contributed by atoms with Crippen molar-refractivity contribution in [2.45, 2.75) is 6.92 Å². The highest BCUT2D eigenvalue weighted by Gasteiger charge is 2.25. The van der Waals surface area contributed by atoms with Crippen LogP contribution in [0.3, 0.4) is 0 Å². The minimum absolute atomic E-state index is 0.545. The molecule has 0 aliphatic heterocycles. The first kappa shape index (κ1) is 29.8. The first-order valence-corrected chi connectivity index (χ1v) is 17.4. The zero-order chi connectivity index (χ0) is 34.8. The van der Waals surface area contributed by atoms with Crippen molar-refractivity contribution in [2.24, 2.45) is 0 Å². The third-order valence-corrected chi connectivity index (χ3v) is 10.1. The van der Waals surface area contributed by atoms with E-state index < -0.39 is 0 Å².